The van der Waals surface area contributed by atoms with Crippen LogP contribution in [0.15, 0.2) is 82.8 Å². The van der Waals surface area contributed by atoms with E-state index in [-0.39, 0.29) is 78.1 Å². The number of rotatable bonds is 4. The van der Waals surface area contributed by atoms with Gasteiger partial charge in [-0.25, -0.2) is 4.98 Å². The number of hydrogen-bond acceptors (Lipinski definition) is 3. The summed E-state index contributed by atoms with van der Waals surface area (Å²) in [5.74, 6) is 0. The molecule has 3 aromatic rings. The molecule has 149 valence electrons. The molecule has 8 heteroatoms. The predicted octanol–water partition coefficient (Wildman–Crippen LogP) is -2.97. The van der Waals surface area contributed by atoms with Crippen molar-refractivity contribution in [3.63, 3.8) is 0 Å². The summed E-state index contributed by atoms with van der Waals surface area (Å²) in [5.41, 5.74) is 4.88. The third-order valence-corrected chi connectivity index (χ3v) is 3.86. The summed E-state index contributed by atoms with van der Waals surface area (Å²) in [5, 5.41) is 0.616. The number of aromatic nitrogens is 1. The molecule has 0 saturated heterocycles. The quantitative estimate of drug-likeness (QED) is 0.296. The Hall–Kier alpha value is -0.559. The molecule has 0 unspecified atom stereocenters. The molecule has 0 fully saturated rings. The van der Waals surface area contributed by atoms with Crippen LogP contribution in [0.4, 0.5) is 11.4 Å². The fraction of sp³-hybridized carbons (Fsp3) is 0.0952. The Kier molecular flexibility index (Phi) is 16.1. The third kappa shape index (κ3) is 9.41. The summed E-state index contributed by atoms with van der Waals surface area (Å²) in [6.07, 6.45) is 0. The minimum Gasteiger partial charge on any atom is -1.00 e. The van der Waals surface area contributed by atoms with Gasteiger partial charge in [0.25, 0.3) is 0 Å². The van der Waals surface area contributed by atoms with E-state index in [2.05, 4.69) is 15.0 Å². The first-order chi connectivity index (χ1) is 12.1. The van der Waals surface area contributed by atoms with Crippen LogP contribution in [0.3, 0.4) is 0 Å². The van der Waals surface area contributed by atoms with Crippen LogP contribution in [-0.2, 0) is 0 Å². The Balaban J connectivity index is 0. The molecule has 3 nitrogen and oxygen atoms in total. The van der Waals surface area contributed by atoms with Gasteiger partial charge in [-0.05, 0) is 50.2 Å². The second kappa shape index (κ2) is 15.3. The van der Waals surface area contributed by atoms with E-state index >= 15 is 0 Å². The van der Waals surface area contributed by atoms with Crippen LogP contribution in [0.5, 0.6) is 0 Å². The molecule has 0 spiro atoms. The van der Waals surface area contributed by atoms with Gasteiger partial charge in [0, 0.05) is 5.02 Å². The minimum atomic E-state index is 0. The number of benzene rings is 2. The van der Waals surface area contributed by atoms with E-state index in [0.29, 0.717) is 5.02 Å². The van der Waals surface area contributed by atoms with E-state index in [0.717, 1.165) is 34.2 Å². The molecule has 0 bridgehead atoms. The van der Waals surface area contributed by atoms with Crippen molar-refractivity contribution in [2.24, 2.45) is 9.98 Å². The van der Waals surface area contributed by atoms with Gasteiger partial charge in [0.05, 0.1) is 34.2 Å². The van der Waals surface area contributed by atoms with Gasteiger partial charge in [-0.2, -0.15) is 0 Å². The molecule has 0 atom stereocenters. The number of aliphatic imine (C=N–C) groups is 2. The van der Waals surface area contributed by atoms with E-state index < -0.39 is 0 Å². The van der Waals surface area contributed by atoms with Gasteiger partial charge in [-0.15, -0.1) is 0 Å². The van der Waals surface area contributed by atoms with Crippen molar-refractivity contribution in [2.45, 2.75) is 13.8 Å². The minimum absolute atomic E-state index is 0. The van der Waals surface area contributed by atoms with Gasteiger partial charge in [-0.1, -0.05) is 48.0 Å². The van der Waals surface area contributed by atoms with Crippen molar-refractivity contribution in [3.8, 4) is 0 Å². The Morgan fingerprint density at radius 3 is 1.38 bits per heavy atom. The van der Waals surface area contributed by atoms with Gasteiger partial charge in [0.1, 0.15) is 0 Å². The molecule has 0 aliphatic carbocycles. The number of halogens is 4. The maximum atomic E-state index is 6.29. The summed E-state index contributed by atoms with van der Waals surface area (Å²) in [6.45, 7) is 3.86. The van der Waals surface area contributed by atoms with E-state index in [1.165, 1.54) is 0 Å². The first kappa shape index (κ1) is 30.6. The van der Waals surface area contributed by atoms with Crippen LogP contribution >= 0.6 is 11.6 Å². The van der Waals surface area contributed by atoms with Crippen LogP contribution in [0.1, 0.15) is 25.2 Å². The summed E-state index contributed by atoms with van der Waals surface area (Å²) in [7, 11) is 0. The first-order valence-electron chi connectivity index (χ1n) is 8.01. The Morgan fingerprint density at radius 2 is 1.03 bits per heavy atom. The molecule has 0 N–H and O–H groups in total. The van der Waals surface area contributed by atoms with Crippen molar-refractivity contribution in [1.82, 2.24) is 4.98 Å². The standard InChI is InChI=1S/C21H18ClN3.3ClH.Nd/c1-15(23-18-9-5-3-6-10-18)20-13-17(22)14-21(25-20)16(2)24-19-11-7-4-8-12-19;;;;/h3-14H,1-2H3;3*1H;/q;;;;+3/p-3. The van der Waals surface area contributed by atoms with E-state index in [1.54, 1.807) is 0 Å². The zero-order valence-corrected chi connectivity index (χ0v) is 22.0. The SMILES string of the molecule is CC(=Nc1ccccc1)c1cc(Cl)cc(C(C)=Nc2ccccc2)n1.[Cl-].[Cl-].[Cl-].[Nd+3]. The zero-order valence-electron chi connectivity index (χ0n) is 15.8. The molecule has 0 amide bonds. The molecule has 0 aliphatic rings. The number of hydrogen-bond donors (Lipinski definition) is 0. The fourth-order valence-corrected chi connectivity index (χ4v) is 2.58. The normalized spacial score (nSPS) is 10.6. The summed E-state index contributed by atoms with van der Waals surface area (Å²) in [6, 6.07) is 23.2. The first-order valence-corrected chi connectivity index (χ1v) is 8.38. The topological polar surface area (TPSA) is 37.6 Å². The molecule has 0 saturated carbocycles. The van der Waals surface area contributed by atoms with Crippen LogP contribution in [0, 0.1) is 40.8 Å². The smallest absolute Gasteiger partial charge is 1.00 e. The number of para-hydroxylation sites is 2. The molecule has 1 heterocycles. The summed E-state index contributed by atoms with van der Waals surface area (Å²) in [4.78, 5) is 13.9. The molecule has 0 aliphatic heterocycles. The maximum Gasteiger partial charge on any atom is 3.00 e. The average Bonchev–Trinajstić information content (AvgIpc) is 2.63. The average molecular weight is 598 g/mol. The maximum absolute atomic E-state index is 6.29. The van der Waals surface area contributed by atoms with Crippen molar-refractivity contribution >= 4 is 34.4 Å². The Labute approximate surface area is 228 Å². The second-order valence-corrected chi connectivity index (χ2v) is 6.06. The molecule has 1 aromatic heterocycles. The van der Waals surface area contributed by atoms with Gasteiger partial charge < -0.3 is 37.2 Å². The van der Waals surface area contributed by atoms with E-state index in [4.69, 9.17) is 11.6 Å². The van der Waals surface area contributed by atoms with E-state index in [1.807, 2.05) is 86.6 Å². The number of pyridine rings is 1. The summed E-state index contributed by atoms with van der Waals surface area (Å²) >= 11 is 6.29. The Bertz CT molecular complexity index is 859. The van der Waals surface area contributed by atoms with Crippen molar-refractivity contribution in [1.29, 1.82) is 0 Å². The van der Waals surface area contributed by atoms with Gasteiger partial charge in [0.2, 0.25) is 0 Å². The van der Waals surface area contributed by atoms with Gasteiger partial charge >= 0.3 is 40.8 Å². The van der Waals surface area contributed by atoms with Crippen LogP contribution < -0.4 is 37.2 Å². The third-order valence-electron chi connectivity index (χ3n) is 3.64. The Morgan fingerprint density at radius 1 is 0.690 bits per heavy atom. The van der Waals surface area contributed by atoms with Crippen LogP contribution in [-0.4, -0.2) is 16.4 Å². The van der Waals surface area contributed by atoms with Crippen LogP contribution in [0.2, 0.25) is 5.02 Å². The van der Waals surface area contributed by atoms with Gasteiger partial charge in [-0.3, -0.25) is 9.98 Å². The molecule has 29 heavy (non-hydrogen) atoms. The van der Waals surface area contributed by atoms with Crippen molar-refractivity contribution in [3.05, 3.63) is 89.2 Å². The van der Waals surface area contributed by atoms with Crippen molar-refractivity contribution < 1.29 is 78.1 Å². The van der Waals surface area contributed by atoms with Gasteiger partial charge in [0.15, 0.2) is 0 Å². The molecular weight excluding hydrogens is 580 g/mol. The molecule has 1 radical (unpaired) electrons. The zero-order chi connectivity index (χ0) is 17.6. The predicted molar refractivity (Wildman–Crippen MR) is 106 cm³/mol. The van der Waals surface area contributed by atoms with Crippen LogP contribution in [0.25, 0.3) is 0 Å². The largest absolute Gasteiger partial charge is 3.00 e. The molecule has 3 rings (SSSR count). The van der Waals surface area contributed by atoms with Crippen molar-refractivity contribution in [2.75, 3.05) is 0 Å². The number of nitrogens with zero attached hydrogens (tertiary/aromatic N) is 3. The molecule has 2 aromatic carbocycles. The fourth-order valence-electron chi connectivity index (χ4n) is 2.37. The van der Waals surface area contributed by atoms with E-state index in [9.17, 15) is 0 Å². The summed E-state index contributed by atoms with van der Waals surface area (Å²) < 4.78 is 0. The second-order valence-electron chi connectivity index (χ2n) is 5.62. The molecular formula is C21H18Cl4N3Nd. The monoisotopic (exact) mass is 594 g/mol.